The molecule has 0 aliphatic rings. The number of nitrogens with one attached hydrogen (secondary N) is 1. The van der Waals surface area contributed by atoms with Crippen LogP contribution in [-0.4, -0.2) is 5.91 Å². The van der Waals surface area contributed by atoms with Crippen LogP contribution in [0, 0.1) is 0 Å². The first-order valence-electron chi connectivity index (χ1n) is 5.85. The number of anilines is 1. The van der Waals surface area contributed by atoms with E-state index in [0.29, 0.717) is 25.8 Å². The van der Waals surface area contributed by atoms with Crippen LogP contribution in [0.2, 0.25) is 20.1 Å². The first-order valence-corrected chi connectivity index (χ1v) is 7.36. The summed E-state index contributed by atoms with van der Waals surface area (Å²) >= 11 is 23.6. The summed E-state index contributed by atoms with van der Waals surface area (Å²) in [7, 11) is 0. The number of carbonyl (C=O) groups excluding carboxylic acids is 1. The SMILES string of the molecule is O=C(/C=C/c1ccc(Cl)c(Cl)c1)Nc1cccc(Cl)c1Cl. The van der Waals surface area contributed by atoms with E-state index in [1.165, 1.54) is 6.08 Å². The summed E-state index contributed by atoms with van der Waals surface area (Å²) in [5, 5.41) is 4.22. The van der Waals surface area contributed by atoms with E-state index < -0.39 is 0 Å². The van der Waals surface area contributed by atoms with Crippen molar-refractivity contribution in [3.8, 4) is 0 Å². The number of hydrogen-bond acceptors (Lipinski definition) is 1. The Morgan fingerprint density at radius 3 is 2.43 bits per heavy atom. The largest absolute Gasteiger partial charge is 0.321 e. The maximum absolute atomic E-state index is 11.8. The minimum atomic E-state index is -0.328. The molecule has 0 fully saturated rings. The van der Waals surface area contributed by atoms with Crippen molar-refractivity contribution in [2.75, 3.05) is 5.32 Å². The summed E-state index contributed by atoms with van der Waals surface area (Å²) in [5.74, 6) is -0.328. The Bertz CT molecular complexity index is 713. The Morgan fingerprint density at radius 1 is 0.952 bits per heavy atom. The molecule has 2 rings (SSSR count). The van der Waals surface area contributed by atoms with Gasteiger partial charge in [0.05, 0.1) is 25.8 Å². The average Bonchev–Trinajstić information content (AvgIpc) is 2.45. The van der Waals surface area contributed by atoms with Crippen LogP contribution in [0.25, 0.3) is 6.08 Å². The second kappa shape index (κ2) is 7.19. The molecule has 1 amide bonds. The van der Waals surface area contributed by atoms with Crippen molar-refractivity contribution in [3.05, 3.63) is 68.1 Å². The summed E-state index contributed by atoms with van der Waals surface area (Å²) in [6.45, 7) is 0. The zero-order valence-electron chi connectivity index (χ0n) is 10.5. The number of rotatable bonds is 3. The third-order valence-corrected chi connectivity index (χ3v) is 4.14. The van der Waals surface area contributed by atoms with Crippen molar-refractivity contribution >= 4 is 64.1 Å². The van der Waals surface area contributed by atoms with Crippen LogP contribution < -0.4 is 5.32 Å². The normalized spacial score (nSPS) is 10.9. The number of amides is 1. The van der Waals surface area contributed by atoms with E-state index in [2.05, 4.69) is 5.32 Å². The molecule has 0 aliphatic carbocycles. The van der Waals surface area contributed by atoms with Gasteiger partial charge < -0.3 is 5.32 Å². The van der Waals surface area contributed by atoms with Crippen LogP contribution >= 0.6 is 46.4 Å². The van der Waals surface area contributed by atoms with Gasteiger partial charge in [-0.2, -0.15) is 0 Å². The molecule has 0 unspecified atom stereocenters. The Kier molecular flexibility index (Phi) is 5.54. The predicted octanol–water partition coefficient (Wildman–Crippen LogP) is 5.95. The summed E-state index contributed by atoms with van der Waals surface area (Å²) < 4.78 is 0. The summed E-state index contributed by atoms with van der Waals surface area (Å²) in [6.07, 6.45) is 2.99. The molecule has 0 saturated carbocycles. The zero-order chi connectivity index (χ0) is 15.4. The summed E-state index contributed by atoms with van der Waals surface area (Å²) in [6, 6.07) is 10.1. The number of benzene rings is 2. The lowest BCUT2D eigenvalue weighted by Gasteiger charge is -2.05. The van der Waals surface area contributed by atoms with Gasteiger partial charge >= 0.3 is 0 Å². The smallest absolute Gasteiger partial charge is 0.248 e. The molecule has 0 aliphatic heterocycles. The highest BCUT2D eigenvalue weighted by molar-refractivity contribution is 6.44. The van der Waals surface area contributed by atoms with Crippen LogP contribution in [0.4, 0.5) is 5.69 Å². The molecule has 2 nitrogen and oxygen atoms in total. The van der Waals surface area contributed by atoms with Gasteiger partial charge in [-0.1, -0.05) is 58.5 Å². The van der Waals surface area contributed by atoms with Crippen molar-refractivity contribution in [2.24, 2.45) is 0 Å². The van der Waals surface area contributed by atoms with Crippen molar-refractivity contribution < 1.29 is 4.79 Å². The van der Waals surface area contributed by atoms with E-state index in [-0.39, 0.29) is 5.91 Å². The van der Waals surface area contributed by atoms with Gasteiger partial charge in [-0.15, -0.1) is 0 Å². The molecule has 0 bridgehead atoms. The maximum atomic E-state index is 11.8. The summed E-state index contributed by atoms with van der Waals surface area (Å²) in [4.78, 5) is 11.8. The van der Waals surface area contributed by atoms with Crippen LogP contribution in [0.1, 0.15) is 5.56 Å². The lowest BCUT2D eigenvalue weighted by atomic mass is 10.2. The van der Waals surface area contributed by atoms with E-state index in [1.807, 2.05) is 0 Å². The molecule has 0 aromatic heterocycles. The van der Waals surface area contributed by atoms with Gasteiger partial charge in [-0.05, 0) is 35.9 Å². The molecule has 0 radical (unpaired) electrons. The molecule has 0 spiro atoms. The van der Waals surface area contributed by atoms with E-state index in [1.54, 1.807) is 42.5 Å². The topological polar surface area (TPSA) is 29.1 Å². The van der Waals surface area contributed by atoms with Gasteiger partial charge in [0.2, 0.25) is 5.91 Å². The molecule has 0 heterocycles. The predicted molar refractivity (Wildman–Crippen MR) is 90.6 cm³/mol. The third kappa shape index (κ3) is 4.39. The Balaban J connectivity index is 2.09. The monoisotopic (exact) mass is 359 g/mol. The molecule has 2 aromatic carbocycles. The molecule has 6 heteroatoms. The lowest BCUT2D eigenvalue weighted by molar-refractivity contribution is -0.111. The maximum Gasteiger partial charge on any atom is 0.248 e. The highest BCUT2D eigenvalue weighted by Crippen LogP contribution is 2.29. The van der Waals surface area contributed by atoms with Crippen molar-refractivity contribution in [1.82, 2.24) is 0 Å². The fraction of sp³-hybridized carbons (Fsp3) is 0. The molecule has 108 valence electrons. The van der Waals surface area contributed by atoms with E-state index in [9.17, 15) is 4.79 Å². The molecular weight excluding hydrogens is 352 g/mol. The van der Waals surface area contributed by atoms with Gasteiger partial charge in [0.25, 0.3) is 0 Å². The van der Waals surface area contributed by atoms with Gasteiger partial charge in [-0.3, -0.25) is 4.79 Å². The molecule has 2 aromatic rings. The second-order valence-corrected chi connectivity index (χ2v) is 5.70. The minimum Gasteiger partial charge on any atom is -0.321 e. The van der Waals surface area contributed by atoms with Gasteiger partial charge in [0, 0.05) is 6.08 Å². The highest BCUT2D eigenvalue weighted by Gasteiger charge is 2.06. The number of carbonyl (C=O) groups is 1. The second-order valence-electron chi connectivity index (χ2n) is 4.10. The molecule has 21 heavy (non-hydrogen) atoms. The first-order chi connectivity index (χ1) is 9.97. The first kappa shape index (κ1) is 16.2. The molecular formula is C15H9Cl4NO. The van der Waals surface area contributed by atoms with Crippen LogP contribution in [0.15, 0.2) is 42.5 Å². The van der Waals surface area contributed by atoms with Crippen LogP contribution in [0.5, 0.6) is 0 Å². The van der Waals surface area contributed by atoms with E-state index in [4.69, 9.17) is 46.4 Å². The number of hydrogen-bond donors (Lipinski definition) is 1. The average molecular weight is 361 g/mol. The Morgan fingerprint density at radius 2 is 1.71 bits per heavy atom. The van der Waals surface area contributed by atoms with Gasteiger partial charge in [-0.25, -0.2) is 0 Å². The van der Waals surface area contributed by atoms with Gasteiger partial charge in [0.15, 0.2) is 0 Å². The third-order valence-electron chi connectivity index (χ3n) is 2.58. The summed E-state index contributed by atoms with van der Waals surface area (Å²) in [5.41, 5.74) is 1.21. The van der Waals surface area contributed by atoms with Crippen molar-refractivity contribution in [2.45, 2.75) is 0 Å². The van der Waals surface area contributed by atoms with Crippen molar-refractivity contribution in [1.29, 1.82) is 0 Å². The minimum absolute atomic E-state index is 0.301. The van der Waals surface area contributed by atoms with Crippen LogP contribution in [-0.2, 0) is 4.79 Å². The molecule has 0 saturated heterocycles. The lowest BCUT2D eigenvalue weighted by Crippen LogP contribution is -2.08. The van der Waals surface area contributed by atoms with Crippen molar-refractivity contribution in [3.63, 3.8) is 0 Å². The highest BCUT2D eigenvalue weighted by atomic mass is 35.5. The fourth-order valence-electron chi connectivity index (χ4n) is 1.56. The standard InChI is InChI=1S/C15H9Cl4NO/c16-10-6-4-9(8-12(10)18)5-7-14(21)20-13-3-1-2-11(17)15(13)19/h1-8H,(H,20,21)/b7-5+. The van der Waals surface area contributed by atoms with Crippen LogP contribution in [0.3, 0.4) is 0 Å². The molecule has 1 N–H and O–H groups in total. The zero-order valence-corrected chi connectivity index (χ0v) is 13.6. The number of halogens is 4. The quantitative estimate of drug-likeness (QED) is 0.673. The Hall–Kier alpha value is -1.19. The van der Waals surface area contributed by atoms with Gasteiger partial charge in [0.1, 0.15) is 0 Å². The van der Waals surface area contributed by atoms with E-state index >= 15 is 0 Å². The Labute approximate surface area is 142 Å². The fourth-order valence-corrected chi connectivity index (χ4v) is 2.22. The molecule has 0 atom stereocenters. The van der Waals surface area contributed by atoms with E-state index in [0.717, 1.165) is 5.56 Å².